The Bertz CT molecular complexity index is 173. The van der Waals surface area contributed by atoms with Crippen molar-refractivity contribution >= 4 is 0 Å². The smallest absolute Gasteiger partial charge is 0.413 e. The number of aromatic amines is 1. The van der Waals surface area contributed by atoms with E-state index in [9.17, 15) is 0 Å². The lowest BCUT2D eigenvalue weighted by Gasteiger charge is -1.73. The van der Waals surface area contributed by atoms with E-state index in [-0.39, 0.29) is 5.88 Å². The summed E-state index contributed by atoms with van der Waals surface area (Å²) in [5.74, 6) is 0.838. The fraction of sp³-hybridized carbons (Fsp3) is 0.400. The molecule has 0 saturated heterocycles. The third-order valence-electron chi connectivity index (χ3n) is 1.18. The summed E-state index contributed by atoms with van der Waals surface area (Å²) in [6, 6.07) is 0. The van der Waals surface area contributed by atoms with E-state index in [1.807, 2.05) is 0 Å². The molecule has 0 aliphatic carbocycles. The molecule has 44 valence electrons. The van der Waals surface area contributed by atoms with Crippen molar-refractivity contribution in [2.24, 2.45) is 0 Å². The zero-order valence-corrected chi connectivity index (χ0v) is 4.86. The summed E-state index contributed by atoms with van der Waals surface area (Å²) in [5.41, 5.74) is 0.769. The van der Waals surface area contributed by atoms with Gasteiger partial charge in [0.15, 0.2) is 5.76 Å². The molecule has 0 saturated carbocycles. The lowest BCUT2D eigenvalue weighted by atomic mass is 10.3. The number of hydrogen-bond acceptors (Lipinski definition) is 2. The van der Waals surface area contributed by atoms with E-state index in [1.54, 1.807) is 13.8 Å². The zero-order valence-electron chi connectivity index (χ0n) is 4.86. The summed E-state index contributed by atoms with van der Waals surface area (Å²) < 4.78 is 4.72. The van der Waals surface area contributed by atoms with E-state index in [0.29, 0.717) is 0 Å². The van der Waals surface area contributed by atoms with Crippen molar-refractivity contribution in [3.63, 3.8) is 0 Å². The first kappa shape index (κ1) is 5.15. The van der Waals surface area contributed by atoms with Gasteiger partial charge in [0.05, 0.1) is 0 Å². The highest BCUT2D eigenvalue weighted by atomic mass is 16.5. The first-order valence-electron chi connectivity index (χ1n) is 2.38. The number of hydrogen-bond donors (Lipinski definition) is 1. The van der Waals surface area contributed by atoms with Crippen molar-refractivity contribution in [1.29, 1.82) is 0 Å². The Labute approximate surface area is 46.9 Å². The second-order valence-corrected chi connectivity index (χ2v) is 1.73. The Morgan fingerprint density at radius 1 is 1.50 bits per heavy atom. The number of aromatic hydroxyl groups is 1. The molecule has 3 nitrogen and oxygen atoms in total. The lowest BCUT2D eigenvalue weighted by molar-refractivity contribution is -0.616. The third kappa shape index (κ3) is 0.559. The van der Waals surface area contributed by atoms with Crippen LogP contribution in [-0.2, 0) is 0 Å². The van der Waals surface area contributed by atoms with Gasteiger partial charge in [0.1, 0.15) is 5.56 Å². The summed E-state index contributed by atoms with van der Waals surface area (Å²) >= 11 is 0. The van der Waals surface area contributed by atoms with Crippen LogP contribution in [0.3, 0.4) is 0 Å². The molecule has 8 heavy (non-hydrogen) atoms. The molecule has 0 bridgehead atoms. The average Bonchev–Trinajstić information content (AvgIpc) is 1.98. The molecule has 1 heterocycles. The van der Waals surface area contributed by atoms with Crippen LogP contribution >= 0.6 is 0 Å². The highest BCUT2D eigenvalue weighted by Crippen LogP contribution is 2.11. The van der Waals surface area contributed by atoms with Crippen molar-refractivity contribution < 1.29 is 14.8 Å². The second-order valence-electron chi connectivity index (χ2n) is 1.73. The van der Waals surface area contributed by atoms with Gasteiger partial charge in [-0.25, -0.2) is 4.52 Å². The summed E-state index contributed by atoms with van der Waals surface area (Å²) in [5, 5.41) is 11.1. The van der Waals surface area contributed by atoms with Crippen LogP contribution in [0.2, 0.25) is 0 Å². The topological polar surface area (TPSA) is 47.5 Å². The summed E-state index contributed by atoms with van der Waals surface area (Å²) in [6.45, 7) is 3.57. The van der Waals surface area contributed by atoms with Crippen LogP contribution in [0.25, 0.3) is 0 Å². The van der Waals surface area contributed by atoms with Crippen molar-refractivity contribution in [2.45, 2.75) is 13.8 Å². The predicted molar refractivity (Wildman–Crippen MR) is 26.4 cm³/mol. The monoisotopic (exact) mass is 114 g/mol. The van der Waals surface area contributed by atoms with E-state index < -0.39 is 0 Å². The highest BCUT2D eigenvalue weighted by Gasteiger charge is 2.10. The minimum absolute atomic E-state index is 0.113. The van der Waals surface area contributed by atoms with Crippen LogP contribution in [-0.4, -0.2) is 5.11 Å². The fourth-order valence-electron chi connectivity index (χ4n) is 0.445. The molecule has 0 aromatic carbocycles. The Morgan fingerprint density at radius 3 is 2.25 bits per heavy atom. The van der Waals surface area contributed by atoms with Gasteiger partial charge >= 0.3 is 5.88 Å². The van der Waals surface area contributed by atoms with Crippen LogP contribution in [0.4, 0.5) is 0 Å². The van der Waals surface area contributed by atoms with Crippen molar-refractivity contribution in [2.75, 3.05) is 0 Å². The molecule has 1 aromatic rings. The van der Waals surface area contributed by atoms with Gasteiger partial charge in [-0.3, -0.25) is 0 Å². The molecule has 1 rings (SSSR count). The molecule has 0 atom stereocenters. The maximum Gasteiger partial charge on any atom is 0.413 e. The summed E-state index contributed by atoms with van der Waals surface area (Å²) in [4.78, 5) is 0. The normalized spacial score (nSPS) is 9.75. The van der Waals surface area contributed by atoms with Crippen molar-refractivity contribution in [1.82, 2.24) is 0 Å². The summed E-state index contributed by atoms with van der Waals surface area (Å²) in [7, 11) is 0. The lowest BCUT2D eigenvalue weighted by Crippen LogP contribution is -1.92. The standard InChI is InChI=1S/C5H7NO2/c1-3-4(2)8-6-5(3)7/h1-2H3,(H,6,7)/p+1. The average molecular weight is 114 g/mol. The molecule has 1 aromatic heterocycles. The van der Waals surface area contributed by atoms with Crippen molar-refractivity contribution in [3.05, 3.63) is 11.3 Å². The van der Waals surface area contributed by atoms with E-state index in [0.717, 1.165) is 11.3 Å². The molecule has 0 radical (unpaired) electrons. The number of rotatable bonds is 0. The van der Waals surface area contributed by atoms with Crippen LogP contribution < -0.4 is 5.16 Å². The molecule has 0 unspecified atom stereocenters. The van der Waals surface area contributed by atoms with Gasteiger partial charge in [0.25, 0.3) is 0 Å². The Morgan fingerprint density at radius 2 is 2.12 bits per heavy atom. The number of aromatic nitrogens is 1. The highest BCUT2D eigenvalue weighted by molar-refractivity contribution is 5.19. The largest absolute Gasteiger partial charge is 0.457 e. The van der Waals surface area contributed by atoms with Crippen molar-refractivity contribution in [3.8, 4) is 5.88 Å². The predicted octanol–water partition coefficient (Wildman–Crippen LogP) is 0.416. The van der Waals surface area contributed by atoms with Crippen LogP contribution in [0.1, 0.15) is 11.3 Å². The molecule has 0 fully saturated rings. The quantitative estimate of drug-likeness (QED) is 0.531. The van der Waals surface area contributed by atoms with E-state index >= 15 is 0 Å². The van der Waals surface area contributed by atoms with E-state index in [2.05, 4.69) is 5.16 Å². The van der Waals surface area contributed by atoms with Crippen LogP contribution in [0.5, 0.6) is 5.88 Å². The van der Waals surface area contributed by atoms with E-state index in [1.165, 1.54) is 0 Å². The van der Waals surface area contributed by atoms with Gasteiger partial charge in [-0.15, -0.1) is 0 Å². The van der Waals surface area contributed by atoms with E-state index in [4.69, 9.17) is 9.63 Å². The molecule has 3 heteroatoms. The Kier molecular flexibility index (Phi) is 0.970. The zero-order chi connectivity index (χ0) is 6.15. The second kappa shape index (κ2) is 1.51. The van der Waals surface area contributed by atoms with Crippen LogP contribution in [0.15, 0.2) is 4.52 Å². The van der Waals surface area contributed by atoms with Gasteiger partial charge in [-0.05, 0) is 6.92 Å². The third-order valence-corrected chi connectivity index (χ3v) is 1.18. The molecule has 0 amide bonds. The van der Waals surface area contributed by atoms with Crippen LogP contribution in [0, 0.1) is 13.8 Å². The molecular formula is C5H8NO2+. The number of aryl methyl sites for hydroxylation is 1. The first-order valence-corrected chi connectivity index (χ1v) is 2.38. The van der Waals surface area contributed by atoms with Gasteiger partial charge in [0, 0.05) is 12.1 Å². The Balaban J connectivity index is 3.19. The molecule has 2 N–H and O–H groups in total. The van der Waals surface area contributed by atoms with Gasteiger partial charge in [-0.2, -0.15) is 0 Å². The first-order chi connectivity index (χ1) is 3.72. The molecule has 0 aliphatic heterocycles. The maximum absolute atomic E-state index is 8.79. The number of H-pyrrole nitrogens is 1. The summed E-state index contributed by atoms with van der Waals surface area (Å²) in [6.07, 6.45) is 0. The SMILES string of the molecule is Cc1o[nH+]c(O)c1C. The molecule has 0 spiro atoms. The molecular weight excluding hydrogens is 106 g/mol. The van der Waals surface area contributed by atoms with Gasteiger partial charge < -0.3 is 5.11 Å². The van der Waals surface area contributed by atoms with Gasteiger partial charge in [-0.1, -0.05) is 0 Å². The number of nitrogens with one attached hydrogen (secondary N) is 1. The minimum Gasteiger partial charge on any atom is -0.457 e. The maximum atomic E-state index is 8.79. The van der Waals surface area contributed by atoms with Gasteiger partial charge in [0.2, 0.25) is 0 Å². The fourth-order valence-corrected chi connectivity index (χ4v) is 0.445. The minimum atomic E-state index is 0.113. The Hall–Kier alpha value is -0.990. The molecule has 0 aliphatic rings.